The second kappa shape index (κ2) is 7.72. The number of anilines is 1. The van der Waals surface area contributed by atoms with Crippen LogP contribution in [0.5, 0.6) is 11.6 Å². The Morgan fingerprint density at radius 1 is 1.13 bits per heavy atom. The van der Waals surface area contributed by atoms with E-state index in [1.807, 2.05) is 12.1 Å². The SMILES string of the molecule is O=C1CC(CO)c2ccc(N3CCC(Oc4ccc(OCC5CC5)nc4)C3=O)cc21. The van der Waals surface area contributed by atoms with Crippen LogP contribution in [0.3, 0.4) is 0 Å². The van der Waals surface area contributed by atoms with Crippen molar-refractivity contribution in [1.82, 2.24) is 4.98 Å². The van der Waals surface area contributed by atoms with Crippen LogP contribution in [-0.2, 0) is 4.79 Å². The van der Waals surface area contributed by atoms with Gasteiger partial charge in [0.15, 0.2) is 11.9 Å². The fourth-order valence-electron chi connectivity index (χ4n) is 4.11. The van der Waals surface area contributed by atoms with Gasteiger partial charge in [0.05, 0.1) is 19.4 Å². The minimum atomic E-state index is -0.584. The first-order chi connectivity index (χ1) is 14.6. The molecule has 2 fully saturated rings. The number of aliphatic hydroxyl groups is 1. The molecule has 1 amide bonds. The van der Waals surface area contributed by atoms with Gasteiger partial charge in [0.2, 0.25) is 5.88 Å². The number of carbonyl (C=O) groups excluding carboxylic acids is 2. The molecule has 1 saturated carbocycles. The number of Topliss-reactive ketones (excluding diaryl/α,β-unsaturated/α-hetero) is 1. The predicted octanol–water partition coefficient (Wildman–Crippen LogP) is 2.72. The lowest BCUT2D eigenvalue weighted by atomic mass is 10.0. The van der Waals surface area contributed by atoms with Gasteiger partial charge in [0.25, 0.3) is 5.91 Å². The minimum Gasteiger partial charge on any atom is -0.479 e. The van der Waals surface area contributed by atoms with E-state index in [1.165, 1.54) is 12.8 Å². The van der Waals surface area contributed by atoms with Crippen molar-refractivity contribution < 1.29 is 24.2 Å². The van der Waals surface area contributed by atoms with Gasteiger partial charge in [0, 0.05) is 42.6 Å². The molecule has 0 spiro atoms. The summed E-state index contributed by atoms with van der Waals surface area (Å²) in [4.78, 5) is 31.1. The molecule has 2 heterocycles. The molecular formula is C23H24N2O5. The summed E-state index contributed by atoms with van der Waals surface area (Å²) >= 11 is 0. The summed E-state index contributed by atoms with van der Waals surface area (Å²) in [6.07, 6.45) is 4.33. The number of carbonyl (C=O) groups is 2. The van der Waals surface area contributed by atoms with E-state index in [0.29, 0.717) is 54.8 Å². The van der Waals surface area contributed by atoms with Crippen molar-refractivity contribution >= 4 is 17.4 Å². The van der Waals surface area contributed by atoms with E-state index in [0.717, 1.165) is 5.56 Å². The first kappa shape index (κ1) is 19.1. The van der Waals surface area contributed by atoms with Gasteiger partial charge in [-0.15, -0.1) is 0 Å². The van der Waals surface area contributed by atoms with E-state index in [-0.39, 0.29) is 24.2 Å². The number of aliphatic hydroxyl groups excluding tert-OH is 1. The van der Waals surface area contributed by atoms with Crippen LogP contribution in [0.1, 0.15) is 47.5 Å². The summed E-state index contributed by atoms with van der Waals surface area (Å²) in [6.45, 7) is 1.18. The molecule has 156 valence electrons. The lowest BCUT2D eigenvalue weighted by Gasteiger charge is -2.18. The van der Waals surface area contributed by atoms with Gasteiger partial charge in [0.1, 0.15) is 5.75 Å². The van der Waals surface area contributed by atoms with Crippen LogP contribution in [0.25, 0.3) is 0 Å². The molecule has 0 radical (unpaired) electrons. The first-order valence-electron chi connectivity index (χ1n) is 10.5. The molecule has 2 aromatic rings. The molecular weight excluding hydrogens is 384 g/mol. The van der Waals surface area contributed by atoms with Crippen LogP contribution >= 0.6 is 0 Å². The van der Waals surface area contributed by atoms with Gasteiger partial charge in [-0.3, -0.25) is 9.59 Å². The lowest BCUT2D eigenvalue weighted by molar-refractivity contribution is -0.122. The Hall–Kier alpha value is -2.93. The molecule has 2 aliphatic carbocycles. The van der Waals surface area contributed by atoms with E-state index in [9.17, 15) is 14.7 Å². The molecule has 5 rings (SSSR count). The van der Waals surface area contributed by atoms with Crippen molar-refractivity contribution in [2.24, 2.45) is 5.92 Å². The summed E-state index contributed by atoms with van der Waals surface area (Å²) in [5, 5.41) is 9.46. The molecule has 0 bridgehead atoms. The fourth-order valence-corrected chi connectivity index (χ4v) is 4.11. The van der Waals surface area contributed by atoms with Crippen molar-refractivity contribution in [3.05, 3.63) is 47.7 Å². The van der Waals surface area contributed by atoms with Gasteiger partial charge < -0.3 is 19.5 Å². The normalized spacial score (nSPS) is 23.0. The number of pyridine rings is 1. The van der Waals surface area contributed by atoms with Crippen molar-refractivity contribution in [2.75, 3.05) is 24.7 Å². The number of amides is 1. The zero-order valence-corrected chi connectivity index (χ0v) is 16.6. The average molecular weight is 408 g/mol. The second-order valence-corrected chi connectivity index (χ2v) is 8.25. The minimum absolute atomic E-state index is 0.0143. The number of benzene rings is 1. The maximum atomic E-state index is 12.9. The van der Waals surface area contributed by atoms with Gasteiger partial charge in [-0.2, -0.15) is 0 Å². The van der Waals surface area contributed by atoms with Crippen molar-refractivity contribution in [3.63, 3.8) is 0 Å². The fraction of sp³-hybridized carbons (Fsp3) is 0.435. The van der Waals surface area contributed by atoms with Crippen LogP contribution in [0, 0.1) is 5.92 Å². The highest BCUT2D eigenvalue weighted by molar-refractivity contribution is 6.04. The Labute approximate surface area is 174 Å². The first-order valence-corrected chi connectivity index (χ1v) is 10.5. The molecule has 1 aromatic heterocycles. The molecule has 1 aliphatic heterocycles. The van der Waals surface area contributed by atoms with E-state index >= 15 is 0 Å². The number of rotatable bonds is 7. The van der Waals surface area contributed by atoms with Gasteiger partial charge >= 0.3 is 0 Å². The highest BCUT2D eigenvalue weighted by atomic mass is 16.5. The molecule has 1 saturated heterocycles. The van der Waals surface area contributed by atoms with Gasteiger partial charge in [-0.05, 0) is 42.5 Å². The monoisotopic (exact) mass is 408 g/mol. The summed E-state index contributed by atoms with van der Waals surface area (Å²) in [7, 11) is 0. The Bertz CT molecular complexity index is 970. The number of fused-ring (bicyclic) bond motifs is 1. The van der Waals surface area contributed by atoms with E-state index in [4.69, 9.17) is 9.47 Å². The smallest absolute Gasteiger partial charge is 0.268 e. The molecule has 2 unspecified atom stereocenters. The topological polar surface area (TPSA) is 89.0 Å². The van der Waals surface area contributed by atoms with Crippen LogP contribution in [-0.4, -0.2) is 47.6 Å². The molecule has 7 heteroatoms. The number of aromatic nitrogens is 1. The van der Waals surface area contributed by atoms with Crippen LogP contribution in [0.4, 0.5) is 5.69 Å². The van der Waals surface area contributed by atoms with Crippen molar-refractivity contribution in [1.29, 1.82) is 0 Å². The van der Waals surface area contributed by atoms with Crippen LogP contribution < -0.4 is 14.4 Å². The summed E-state index contributed by atoms with van der Waals surface area (Å²) in [5.74, 6) is 1.50. The maximum Gasteiger partial charge on any atom is 0.268 e. The van der Waals surface area contributed by atoms with E-state index < -0.39 is 6.10 Å². The summed E-state index contributed by atoms with van der Waals surface area (Å²) < 4.78 is 11.5. The maximum absolute atomic E-state index is 12.9. The number of ether oxygens (including phenoxy) is 2. The second-order valence-electron chi connectivity index (χ2n) is 8.25. The number of ketones is 1. The van der Waals surface area contributed by atoms with Crippen molar-refractivity contribution in [2.45, 2.75) is 37.7 Å². The summed E-state index contributed by atoms with van der Waals surface area (Å²) in [6, 6.07) is 8.99. The largest absolute Gasteiger partial charge is 0.479 e. The molecule has 30 heavy (non-hydrogen) atoms. The van der Waals surface area contributed by atoms with E-state index in [1.54, 1.807) is 29.3 Å². The number of nitrogens with zero attached hydrogens (tertiary/aromatic N) is 2. The Morgan fingerprint density at radius 2 is 2.00 bits per heavy atom. The highest BCUT2D eigenvalue weighted by Gasteiger charge is 2.36. The van der Waals surface area contributed by atoms with Gasteiger partial charge in [-0.25, -0.2) is 4.98 Å². The van der Waals surface area contributed by atoms with Crippen LogP contribution in [0.2, 0.25) is 0 Å². The zero-order chi connectivity index (χ0) is 20.7. The quantitative estimate of drug-likeness (QED) is 0.758. The van der Waals surface area contributed by atoms with Crippen LogP contribution in [0.15, 0.2) is 36.5 Å². The lowest BCUT2D eigenvalue weighted by Crippen LogP contribution is -2.32. The molecule has 7 nitrogen and oxygen atoms in total. The van der Waals surface area contributed by atoms with Gasteiger partial charge in [-0.1, -0.05) is 6.07 Å². The Morgan fingerprint density at radius 3 is 2.73 bits per heavy atom. The number of hydrogen-bond acceptors (Lipinski definition) is 6. The predicted molar refractivity (Wildman–Crippen MR) is 109 cm³/mol. The average Bonchev–Trinajstić information content (AvgIpc) is 3.46. The number of hydrogen-bond donors (Lipinski definition) is 1. The standard InChI is InChI=1S/C23H24N2O5/c26-12-15-9-20(27)19-10-16(3-5-18(15)19)25-8-7-21(23(25)28)30-17-4-6-22(24-11-17)29-13-14-1-2-14/h3-6,10-11,14-15,21,26H,1-2,7-9,12-13H2. The Balaban J connectivity index is 1.24. The van der Waals surface area contributed by atoms with Crippen molar-refractivity contribution in [3.8, 4) is 11.6 Å². The Kier molecular flexibility index (Phi) is 4.90. The highest BCUT2D eigenvalue weighted by Crippen LogP contribution is 2.36. The molecule has 2 atom stereocenters. The third-order valence-electron chi connectivity index (χ3n) is 6.05. The van der Waals surface area contributed by atoms with E-state index in [2.05, 4.69) is 4.98 Å². The summed E-state index contributed by atoms with van der Waals surface area (Å²) in [5.41, 5.74) is 2.16. The zero-order valence-electron chi connectivity index (χ0n) is 16.6. The third-order valence-corrected chi connectivity index (χ3v) is 6.05. The molecule has 1 aromatic carbocycles. The molecule has 3 aliphatic rings. The molecule has 1 N–H and O–H groups in total. The third kappa shape index (κ3) is 3.65.